The summed E-state index contributed by atoms with van der Waals surface area (Å²) >= 11 is 1.68. The fraction of sp³-hybridized carbons (Fsp3) is 0.250. The molecular weight excluding hydrogens is 534 g/mol. The van der Waals surface area contributed by atoms with Crippen molar-refractivity contribution in [3.63, 3.8) is 0 Å². The van der Waals surface area contributed by atoms with E-state index in [1.807, 2.05) is 25.1 Å². The Labute approximate surface area is 231 Å². The Kier molecular flexibility index (Phi) is 7.74. The summed E-state index contributed by atoms with van der Waals surface area (Å²) in [5, 5.41) is 6.87. The highest BCUT2D eigenvalue weighted by Gasteiger charge is 2.44. The molecule has 1 aromatic heterocycles. The molecule has 1 aliphatic carbocycles. The number of nitrogens with zero attached hydrogens (tertiary/aromatic N) is 2. The molecule has 4 aromatic rings. The van der Waals surface area contributed by atoms with Crippen LogP contribution in [0.5, 0.6) is 0 Å². The maximum Gasteiger partial charge on any atom is 0.261 e. The molecule has 202 valence electrons. The molecule has 39 heavy (non-hydrogen) atoms. The second kappa shape index (κ2) is 11.2. The Bertz CT molecular complexity index is 1550. The van der Waals surface area contributed by atoms with Crippen LogP contribution in [0.25, 0.3) is 11.4 Å². The largest absolute Gasteiger partial charge is 0.337 e. The SMILES string of the molecule is CC1(C(=O)Nc2cccc(NS(=O)(=O)c3ccc(-c4noc([C@@H](N)CSCc5ccccc5)n4)cc3)c2)CC1. The third kappa shape index (κ3) is 6.67. The van der Waals surface area contributed by atoms with E-state index in [1.54, 1.807) is 48.2 Å². The number of nitrogens with two attached hydrogens (primary N) is 1. The van der Waals surface area contributed by atoms with Gasteiger partial charge in [0.2, 0.25) is 17.6 Å². The first kappa shape index (κ1) is 26.9. The number of hydrogen-bond donors (Lipinski definition) is 3. The summed E-state index contributed by atoms with van der Waals surface area (Å²) in [6.07, 6.45) is 1.71. The van der Waals surface area contributed by atoms with Gasteiger partial charge in [-0.05, 0) is 60.9 Å². The monoisotopic (exact) mass is 563 g/mol. The topological polar surface area (TPSA) is 140 Å². The molecule has 1 saturated carbocycles. The van der Waals surface area contributed by atoms with Crippen LogP contribution in [0.4, 0.5) is 11.4 Å². The summed E-state index contributed by atoms with van der Waals surface area (Å²) in [6.45, 7) is 1.91. The van der Waals surface area contributed by atoms with Crippen LogP contribution in [0.1, 0.15) is 37.3 Å². The van der Waals surface area contributed by atoms with E-state index in [0.717, 1.165) is 18.6 Å². The third-order valence-electron chi connectivity index (χ3n) is 6.51. The molecule has 11 heteroatoms. The lowest BCUT2D eigenvalue weighted by atomic mass is 10.1. The smallest absolute Gasteiger partial charge is 0.261 e. The quantitative estimate of drug-likeness (QED) is 0.226. The van der Waals surface area contributed by atoms with Gasteiger partial charge >= 0.3 is 0 Å². The van der Waals surface area contributed by atoms with Crippen molar-refractivity contribution in [3.8, 4) is 11.4 Å². The van der Waals surface area contributed by atoms with Gasteiger partial charge in [0.25, 0.3) is 10.0 Å². The van der Waals surface area contributed by atoms with Gasteiger partial charge in [0, 0.05) is 28.2 Å². The summed E-state index contributed by atoms with van der Waals surface area (Å²) in [7, 11) is -3.86. The van der Waals surface area contributed by atoms with Crippen molar-refractivity contribution in [3.05, 3.63) is 90.3 Å². The number of amides is 1. The number of hydrogen-bond acceptors (Lipinski definition) is 8. The molecule has 0 spiro atoms. The van der Waals surface area contributed by atoms with E-state index in [0.29, 0.717) is 34.4 Å². The molecule has 1 fully saturated rings. The minimum absolute atomic E-state index is 0.0605. The second-order valence-corrected chi connectivity index (χ2v) is 12.5. The van der Waals surface area contributed by atoms with Crippen molar-refractivity contribution in [1.82, 2.24) is 10.1 Å². The Morgan fingerprint density at radius 2 is 1.77 bits per heavy atom. The predicted octanol–water partition coefficient (Wildman–Crippen LogP) is 5.21. The molecule has 3 aromatic carbocycles. The van der Waals surface area contributed by atoms with Gasteiger partial charge in [-0.2, -0.15) is 16.7 Å². The maximum atomic E-state index is 13.0. The normalized spacial score (nSPS) is 14.9. The van der Waals surface area contributed by atoms with Crippen LogP contribution in [-0.4, -0.2) is 30.2 Å². The van der Waals surface area contributed by atoms with Gasteiger partial charge in [-0.3, -0.25) is 9.52 Å². The molecule has 5 rings (SSSR count). The van der Waals surface area contributed by atoms with Crippen LogP contribution >= 0.6 is 11.8 Å². The van der Waals surface area contributed by atoms with E-state index in [9.17, 15) is 13.2 Å². The zero-order valence-corrected chi connectivity index (χ0v) is 23.0. The average molecular weight is 564 g/mol. The first-order valence-electron chi connectivity index (χ1n) is 12.5. The Hall–Kier alpha value is -3.67. The van der Waals surface area contributed by atoms with Gasteiger partial charge in [0.15, 0.2) is 0 Å². The van der Waals surface area contributed by atoms with Gasteiger partial charge < -0.3 is 15.6 Å². The molecule has 0 bridgehead atoms. The number of thioether (sulfide) groups is 1. The number of aromatic nitrogens is 2. The molecule has 1 atom stereocenters. The number of sulfonamides is 1. The summed E-state index contributed by atoms with van der Waals surface area (Å²) in [4.78, 5) is 16.8. The molecule has 0 unspecified atom stereocenters. The van der Waals surface area contributed by atoms with E-state index in [1.165, 1.54) is 17.7 Å². The van der Waals surface area contributed by atoms with E-state index >= 15 is 0 Å². The predicted molar refractivity (Wildman–Crippen MR) is 152 cm³/mol. The fourth-order valence-electron chi connectivity index (χ4n) is 3.81. The van der Waals surface area contributed by atoms with Gasteiger partial charge in [-0.15, -0.1) is 0 Å². The van der Waals surface area contributed by atoms with Crippen molar-refractivity contribution < 1.29 is 17.7 Å². The Morgan fingerprint density at radius 3 is 2.49 bits per heavy atom. The highest BCUT2D eigenvalue weighted by atomic mass is 32.2. The Balaban J connectivity index is 1.19. The van der Waals surface area contributed by atoms with Crippen molar-refractivity contribution >= 4 is 39.1 Å². The zero-order chi connectivity index (χ0) is 27.5. The first-order valence-corrected chi connectivity index (χ1v) is 15.1. The number of carbonyl (C=O) groups is 1. The van der Waals surface area contributed by atoms with Crippen LogP contribution in [0, 0.1) is 5.41 Å². The van der Waals surface area contributed by atoms with Crippen molar-refractivity contribution in [2.75, 3.05) is 15.8 Å². The number of benzene rings is 3. The van der Waals surface area contributed by atoms with E-state index < -0.39 is 16.1 Å². The standard InChI is InChI=1S/C28H29N5O4S2/c1-28(14-15-28)27(34)30-21-8-5-9-22(16-21)33-39(35,36)23-12-10-20(11-13-23)25-31-26(37-32-25)24(29)18-38-17-19-6-3-2-4-7-19/h2-13,16,24,33H,14-15,17-18,29H2,1H3,(H,30,34)/t24-/m0/s1. The minimum Gasteiger partial charge on any atom is -0.337 e. The van der Waals surface area contributed by atoms with Gasteiger partial charge in [0.05, 0.1) is 16.6 Å². The molecule has 1 amide bonds. The summed E-state index contributed by atoms with van der Waals surface area (Å²) < 4.78 is 33.9. The lowest BCUT2D eigenvalue weighted by Gasteiger charge is -2.12. The van der Waals surface area contributed by atoms with E-state index in [4.69, 9.17) is 10.3 Å². The van der Waals surface area contributed by atoms with Crippen LogP contribution in [0.2, 0.25) is 0 Å². The van der Waals surface area contributed by atoms with Gasteiger partial charge in [-0.1, -0.05) is 48.5 Å². The summed E-state index contributed by atoms with van der Waals surface area (Å²) in [6, 6.07) is 22.5. The second-order valence-electron chi connectivity index (χ2n) is 9.79. The van der Waals surface area contributed by atoms with Crippen LogP contribution < -0.4 is 15.8 Å². The highest BCUT2D eigenvalue weighted by Crippen LogP contribution is 2.45. The zero-order valence-electron chi connectivity index (χ0n) is 21.3. The molecule has 0 radical (unpaired) electrons. The maximum absolute atomic E-state index is 13.0. The summed E-state index contributed by atoms with van der Waals surface area (Å²) in [5.41, 5.74) is 8.61. The molecule has 0 aliphatic heterocycles. The number of nitrogens with one attached hydrogen (secondary N) is 2. The van der Waals surface area contributed by atoms with Crippen molar-refractivity contribution in [2.24, 2.45) is 11.1 Å². The molecular formula is C28H29N5O4S2. The first-order chi connectivity index (χ1) is 18.7. The van der Waals surface area contributed by atoms with Crippen molar-refractivity contribution in [1.29, 1.82) is 0 Å². The number of carbonyl (C=O) groups excluding carboxylic acids is 1. The molecule has 0 saturated heterocycles. The lowest BCUT2D eigenvalue weighted by Crippen LogP contribution is -2.21. The van der Waals surface area contributed by atoms with Crippen LogP contribution in [-0.2, 0) is 20.6 Å². The molecule has 1 aliphatic rings. The van der Waals surface area contributed by atoms with E-state index in [2.05, 4.69) is 32.3 Å². The Morgan fingerprint density at radius 1 is 1.05 bits per heavy atom. The van der Waals surface area contributed by atoms with E-state index in [-0.39, 0.29) is 16.2 Å². The molecule has 4 N–H and O–H groups in total. The number of anilines is 2. The highest BCUT2D eigenvalue weighted by molar-refractivity contribution is 7.98. The van der Waals surface area contributed by atoms with Gasteiger partial charge in [0.1, 0.15) is 0 Å². The van der Waals surface area contributed by atoms with Gasteiger partial charge in [-0.25, -0.2) is 8.42 Å². The third-order valence-corrected chi connectivity index (χ3v) is 9.04. The van der Waals surface area contributed by atoms with Crippen LogP contribution in [0.3, 0.4) is 0 Å². The lowest BCUT2D eigenvalue weighted by molar-refractivity contribution is -0.120. The summed E-state index contributed by atoms with van der Waals surface area (Å²) in [5.74, 6) is 2.04. The minimum atomic E-state index is -3.86. The van der Waals surface area contributed by atoms with Crippen molar-refractivity contribution in [2.45, 2.75) is 36.5 Å². The van der Waals surface area contributed by atoms with Crippen LogP contribution in [0.15, 0.2) is 88.3 Å². The molecule has 9 nitrogen and oxygen atoms in total. The fourth-order valence-corrected chi connectivity index (χ4v) is 5.80. The molecule has 1 heterocycles. The average Bonchev–Trinajstić information content (AvgIpc) is 3.49. The number of rotatable bonds is 11.